The van der Waals surface area contributed by atoms with E-state index in [1.807, 2.05) is 0 Å². The van der Waals surface area contributed by atoms with Crippen LogP contribution in [0.2, 0.25) is 5.02 Å². The number of aromatic nitrogens is 2. The number of ether oxygens (including phenoxy) is 1. The smallest absolute Gasteiger partial charge is 0.431 e. The SMILES string of the molecule is Cn1c(C(F)(F)F)cc(=O)n(-c2c(F)cc(Cl)c(OC(F)F)c2NC(=O)c2ccc3ccccc3c2)c1=O. The van der Waals surface area contributed by atoms with Gasteiger partial charge in [0.1, 0.15) is 17.1 Å². The van der Waals surface area contributed by atoms with Gasteiger partial charge in [-0.1, -0.05) is 41.9 Å². The van der Waals surface area contributed by atoms with E-state index in [1.54, 1.807) is 30.3 Å². The van der Waals surface area contributed by atoms with Crippen molar-refractivity contribution in [2.45, 2.75) is 12.8 Å². The molecule has 0 aliphatic heterocycles. The monoisotopic (exact) mass is 557 g/mol. The molecule has 1 heterocycles. The van der Waals surface area contributed by atoms with Gasteiger partial charge in [0.05, 0.1) is 5.02 Å². The number of alkyl halides is 5. The van der Waals surface area contributed by atoms with E-state index in [2.05, 4.69) is 10.1 Å². The van der Waals surface area contributed by atoms with Gasteiger partial charge in [0.15, 0.2) is 11.6 Å². The average molecular weight is 558 g/mol. The molecule has 0 saturated heterocycles. The maximum absolute atomic E-state index is 15.2. The standard InChI is InChI=1S/C24H14ClF6N3O4/c1-33-16(24(29,30)31)10-17(35)34(23(33)37)19-15(26)9-14(25)20(38-22(27)28)18(19)32-21(36)13-7-6-11-4-2-3-5-12(11)8-13/h2-10,22H,1H3,(H,32,36). The van der Waals surface area contributed by atoms with Crippen molar-refractivity contribution in [3.05, 3.63) is 97.5 Å². The maximum Gasteiger partial charge on any atom is 0.431 e. The molecular weight excluding hydrogens is 544 g/mol. The first kappa shape index (κ1) is 26.8. The number of carbonyl (C=O) groups is 1. The van der Waals surface area contributed by atoms with Crippen LogP contribution in [0, 0.1) is 5.82 Å². The lowest BCUT2D eigenvalue weighted by atomic mass is 10.1. The van der Waals surface area contributed by atoms with Gasteiger partial charge in [-0.05, 0) is 29.0 Å². The molecule has 0 unspecified atom stereocenters. The Kier molecular flexibility index (Phi) is 6.98. The van der Waals surface area contributed by atoms with Crippen LogP contribution < -0.4 is 21.3 Å². The number of benzene rings is 3. The highest BCUT2D eigenvalue weighted by Crippen LogP contribution is 2.40. The highest BCUT2D eigenvalue weighted by atomic mass is 35.5. The van der Waals surface area contributed by atoms with Crippen molar-refractivity contribution in [3.8, 4) is 11.4 Å². The lowest BCUT2D eigenvalue weighted by molar-refractivity contribution is -0.144. The molecule has 0 aliphatic rings. The van der Waals surface area contributed by atoms with E-state index in [-0.39, 0.29) is 20.8 Å². The van der Waals surface area contributed by atoms with Gasteiger partial charge in [-0.3, -0.25) is 14.2 Å². The van der Waals surface area contributed by atoms with Crippen molar-refractivity contribution in [1.29, 1.82) is 0 Å². The Morgan fingerprint density at radius 3 is 2.32 bits per heavy atom. The number of hydrogen-bond acceptors (Lipinski definition) is 4. The maximum atomic E-state index is 15.2. The van der Waals surface area contributed by atoms with Crippen LogP contribution >= 0.6 is 11.6 Å². The first-order valence-electron chi connectivity index (χ1n) is 10.5. The lowest BCUT2D eigenvalue weighted by Gasteiger charge is -2.20. The molecule has 38 heavy (non-hydrogen) atoms. The third-order valence-corrected chi connectivity index (χ3v) is 5.73. The fourth-order valence-electron chi connectivity index (χ4n) is 3.75. The van der Waals surface area contributed by atoms with E-state index < -0.39 is 63.6 Å². The number of nitrogens with one attached hydrogen (secondary N) is 1. The van der Waals surface area contributed by atoms with Crippen LogP contribution in [0.25, 0.3) is 16.5 Å². The predicted octanol–water partition coefficient (Wildman–Crippen LogP) is 5.35. The van der Waals surface area contributed by atoms with Crippen LogP contribution in [0.15, 0.2) is 64.2 Å². The largest absolute Gasteiger partial charge is 0.431 e. The summed E-state index contributed by atoms with van der Waals surface area (Å²) in [5.74, 6) is -3.54. The minimum atomic E-state index is -5.12. The molecule has 0 spiro atoms. The summed E-state index contributed by atoms with van der Waals surface area (Å²) < 4.78 is 85.7. The van der Waals surface area contributed by atoms with Crippen LogP contribution in [-0.2, 0) is 13.2 Å². The van der Waals surface area contributed by atoms with Crippen LogP contribution in [0.3, 0.4) is 0 Å². The summed E-state index contributed by atoms with van der Waals surface area (Å²) in [6, 6.07) is 11.6. The number of hydrogen-bond donors (Lipinski definition) is 1. The molecule has 14 heteroatoms. The minimum Gasteiger partial charge on any atom is -0.431 e. The number of fused-ring (bicyclic) bond motifs is 1. The Bertz CT molecular complexity index is 1700. The van der Waals surface area contributed by atoms with E-state index in [0.717, 1.165) is 5.39 Å². The van der Waals surface area contributed by atoms with E-state index >= 15 is 4.39 Å². The Hall–Kier alpha value is -4.26. The molecule has 0 bridgehead atoms. The van der Waals surface area contributed by atoms with Gasteiger partial charge in [-0.15, -0.1) is 0 Å². The van der Waals surface area contributed by atoms with Gasteiger partial charge in [0.25, 0.3) is 11.5 Å². The molecular formula is C24H14ClF6N3O4. The second-order valence-corrected chi connectivity index (χ2v) is 8.24. The number of rotatable bonds is 5. The molecule has 0 saturated carbocycles. The van der Waals surface area contributed by atoms with Gasteiger partial charge in [-0.25, -0.2) is 13.8 Å². The highest BCUT2D eigenvalue weighted by Gasteiger charge is 2.36. The summed E-state index contributed by atoms with van der Waals surface area (Å²) in [6.45, 7) is -3.56. The fourth-order valence-corrected chi connectivity index (χ4v) is 3.98. The number of halogens is 7. The number of amides is 1. The molecule has 0 radical (unpaired) electrons. The molecule has 1 N–H and O–H groups in total. The normalized spacial score (nSPS) is 11.7. The lowest BCUT2D eigenvalue weighted by Crippen LogP contribution is -2.41. The van der Waals surface area contributed by atoms with Gasteiger partial charge < -0.3 is 10.1 Å². The van der Waals surface area contributed by atoms with Crippen LogP contribution in [0.5, 0.6) is 5.75 Å². The van der Waals surface area contributed by atoms with Crippen molar-refractivity contribution in [2.75, 3.05) is 5.32 Å². The molecule has 3 aromatic carbocycles. The summed E-state index contributed by atoms with van der Waals surface area (Å²) in [4.78, 5) is 38.5. The molecule has 7 nitrogen and oxygen atoms in total. The Balaban J connectivity index is 1.97. The molecule has 1 aromatic heterocycles. The van der Waals surface area contributed by atoms with Crippen LogP contribution in [0.1, 0.15) is 16.1 Å². The molecule has 0 aliphatic carbocycles. The van der Waals surface area contributed by atoms with Gasteiger partial charge in [-0.2, -0.15) is 22.0 Å². The summed E-state index contributed by atoms with van der Waals surface area (Å²) in [5, 5.41) is 2.69. The first-order valence-corrected chi connectivity index (χ1v) is 10.8. The highest BCUT2D eigenvalue weighted by molar-refractivity contribution is 6.33. The summed E-state index contributed by atoms with van der Waals surface area (Å²) in [5.41, 5.74) is -7.18. The molecule has 4 rings (SSSR count). The zero-order valence-corrected chi connectivity index (χ0v) is 19.7. The van der Waals surface area contributed by atoms with E-state index in [0.29, 0.717) is 18.5 Å². The number of nitrogens with zero attached hydrogens (tertiary/aromatic N) is 2. The Morgan fingerprint density at radius 1 is 1.03 bits per heavy atom. The fraction of sp³-hybridized carbons (Fsp3) is 0.125. The quantitative estimate of drug-likeness (QED) is 0.335. The number of carbonyl (C=O) groups excluding carboxylic acids is 1. The number of anilines is 1. The van der Waals surface area contributed by atoms with Gasteiger partial charge >= 0.3 is 18.5 Å². The van der Waals surface area contributed by atoms with Crippen molar-refractivity contribution in [1.82, 2.24) is 9.13 Å². The van der Waals surface area contributed by atoms with Crippen LogP contribution in [0.4, 0.5) is 32.0 Å². The van der Waals surface area contributed by atoms with Crippen molar-refractivity contribution in [3.63, 3.8) is 0 Å². The topological polar surface area (TPSA) is 82.3 Å². The van der Waals surface area contributed by atoms with E-state index in [9.17, 15) is 36.3 Å². The van der Waals surface area contributed by atoms with Crippen molar-refractivity contribution in [2.24, 2.45) is 7.05 Å². The zero-order valence-electron chi connectivity index (χ0n) is 18.9. The van der Waals surface area contributed by atoms with E-state index in [4.69, 9.17) is 11.6 Å². The Morgan fingerprint density at radius 2 is 1.68 bits per heavy atom. The molecule has 198 valence electrons. The third kappa shape index (κ3) is 4.96. The molecule has 0 atom stereocenters. The minimum absolute atomic E-state index is 0.0119. The molecule has 4 aromatic rings. The second-order valence-electron chi connectivity index (χ2n) is 7.83. The summed E-state index contributed by atoms with van der Waals surface area (Å²) in [6.07, 6.45) is -5.12. The van der Waals surface area contributed by atoms with E-state index in [1.165, 1.54) is 12.1 Å². The third-order valence-electron chi connectivity index (χ3n) is 5.45. The zero-order chi connectivity index (χ0) is 27.9. The van der Waals surface area contributed by atoms with Crippen molar-refractivity contribution < 1.29 is 35.9 Å². The van der Waals surface area contributed by atoms with Gasteiger partial charge in [0.2, 0.25) is 0 Å². The van der Waals surface area contributed by atoms with Gasteiger partial charge in [0, 0.05) is 18.7 Å². The summed E-state index contributed by atoms with van der Waals surface area (Å²) >= 11 is 5.87. The second kappa shape index (κ2) is 9.89. The molecule has 0 fully saturated rings. The van der Waals surface area contributed by atoms with Crippen LogP contribution in [-0.4, -0.2) is 21.7 Å². The van der Waals surface area contributed by atoms with Crippen molar-refractivity contribution >= 4 is 34.0 Å². The summed E-state index contributed by atoms with van der Waals surface area (Å²) in [7, 11) is 0.665. The Labute approximate surface area is 213 Å². The first-order chi connectivity index (χ1) is 17.8. The predicted molar refractivity (Wildman–Crippen MR) is 126 cm³/mol. The average Bonchev–Trinajstić information content (AvgIpc) is 2.84. The molecule has 1 amide bonds.